The number of hydrogen-bond donors (Lipinski definition) is 1. The first-order chi connectivity index (χ1) is 17.0. The van der Waals surface area contributed by atoms with E-state index in [2.05, 4.69) is 0 Å². The third kappa shape index (κ3) is 2.73. The van der Waals surface area contributed by atoms with Crippen molar-refractivity contribution in [1.29, 1.82) is 0 Å². The normalized spacial score (nSPS) is 47.2. The molecule has 1 N–H and O–H groups in total. The van der Waals surface area contributed by atoms with E-state index in [-0.39, 0.29) is 18.4 Å². The lowest BCUT2D eigenvalue weighted by molar-refractivity contribution is -0.225. The Hall–Kier alpha value is -2.04. The molecule has 1 aliphatic heterocycles. The molecule has 3 saturated carbocycles. The highest BCUT2D eigenvalue weighted by Gasteiger charge is 2.79. The number of thioether (sulfide) groups is 1. The maximum absolute atomic E-state index is 17.4. The number of alkyl halides is 3. The number of aliphatic hydroxyl groups is 1. The van der Waals surface area contributed by atoms with E-state index in [1.54, 1.807) is 25.0 Å². The smallest absolute Gasteiger partial charge is 0.226 e. The molecule has 36 heavy (non-hydrogen) atoms. The van der Waals surface area contributed by atoms with Gasteiger partial charge in [0.2, 0.25) is 5.12 Å². The van der Waals surface area contributed by atoms with Crippen LogP contribution in [0.25, 0.3) is 0 Å². The Morgan fingerprint density at radius 2 is 2.08 bits per heavy atom. The Morgan fingerprint density at radius 1 is 1.31 bits per heavy atom. The highest BCUT2D eigenvalue weighted by molar-refractivity contribution is 8.13. The minimum Gasteiger partial charge on any atom is -0.470 e. The van der Waals surface area contributed by atoms with Crippen LogP contribution in [0.3, 0.4) is 0 Å². The number of aliphatic hydroxyl groups excluding tert-OH is 1. The largest absolute Gasteiger partial charge is 0.470 e. The first-order valence-corrected chi connectivity index (χ1v) is 13.2. The molecule has 6 rings (SSSR count). The van der Waals surface area contributed by atoms with E-state index in [0.717, 1.165) is 6.08 Å². The second kappa shape index (κ2) is 7.74. The molecule has 1 aromatic rings. The first kappa shape index (κ1) is 24.3. The van der Waals surface area contributed by atoms with Crippen LogP contribution in [0.5, 0.6) is 0 Å². The van der Waals surface area contributed by atoms with E-state index in [4.69, 9.17) is 9.25 Å². The van der Waals surface area contributed by atoms with E-state index in [9.17, 15) is 19.1 Å². The van der Waals surface area contributed by atoms with Gasteiger partial charge >= 0.3 is 0 Å². The van der Waals surface area contributed by atoms with Gasteiger partial charge in [-0.25, -0.2) is 18.2 Å². The summed E-state index contributed by atoms with van der Waals surface area (Å²) in [5, 5.41) is 12.5. The van der Waals surface area contributed by atoms with E-state index < -0.39 is 69.0 Å². The number of allylic oxidation sites excluding steroid dienone is 4. The van der Waals surface area contributed by atoms with Crippen LogP contribution in [0, 0.1) is 28.6 Å². The summed E-state index contributed by atoms with van der Waals surface area (Å²) in [4.78, 5) is 32.0. The Balaban J connectivity index is 1.46. The standard InChI is InChI=1S/C26H28F3NO5S/c1-23-5-3-16(31)8-19(23)20(28)9-18-17-7-14-11-30(15-4-6-34-12-15)35-26(14,22(33)36-13-27)24(17,2)10-21(32)25(18,23)29/h3-6,8,12,14,17-18,20-21,32H,7,9-11,13H2,1-2H3/t14-,17-,18-,20-,21-,23-,24-,25-,26-/m0/s1. The number of hydroxylamine groups is 1. The van der Waals surface area contributed by atoms with Crippen molar-refractivity contribution in [3.05, 3.63) is 42.4 Å². The van der Waals surface area contributed by atoms with E-state index >= 15 is 8.78 Å². The summed E-state index contributed by atoms with van der Waals surface area (Å²) in [6.07, 6.45) is 3.62. The number of furan rings is 1. The molecule has 0 spiro atoms. The Labute approximate surface area is 210 Å². The maximum atomic E-state index is 17.4. The second-order valence-corrected chi connectivity index (χ2v) is 12.1. The lowest BCUT2D eigenvalue weighted by Crippen LogP contribution is -2.70. The topological polar surface area (TPSA) is 80.0 Å². The fraction of sp³-hybridized carbons (Fsp3) is 0.615. The van der Waals surface area contributed by atoms with Gasteiger partial charge in [-0.1, -0.05) is 24.8 Å². The molecule has 0 radical (unpaired) electrons. The molecular weight excluding hydrogens is 495 g/mol. The molecule has 0 bridgehead atoms. The molecule has 194 valence electrons. The van der Waals surface area contributed by atoms with Crippen molar-refractivity contribution in [3.63, 3.8) is 0 Å². The molecule has 2 heterocycles. The molecule has 4 fully saturated rings. The molecule has 0 amide bonds. The van der Waals surface area contributed by atoms with Gasteiger partial charge in [0.25, 0.3) is 0 Å². The van der Waals surface area contributed by atoms with Crippen molar-refractivity contribution in [2.24, 2.45) is 28.6 Å². The molecule has 5 aliphatic rings. The number of fused-ring (bicyclic) bond motifs is 7. The third-order valence-electron chi connectivity index (χ3n) is 9.90. The third-order valence-corrected chi connectivity index (χ3v) is 10.6. The molecule has 1 aromatic heterocycles. The minimum absolute atomic E-state index is 0.0516. The van der Waals surface area contributed by atoms with Crippen LogP contribution >= 0.6 is 11.8 Å². The molecule has 9 atom stereocenters. The van der Waals surface area contributed by atoms with E-state index in [1.807, 2.05) is 0 Å². The van der Waals surface area contributed by atoms with Gasteiger partial charge in [-0.15, -0.1) is 0 Å². The lowest BCUT2D eigenvalue weighted by Gasteiger charge is -2.63. The summed E-state index contributed by atoms with van der Waals surface area (Å²) >= 11 is 0.509. The van der Waals surface area contributed by atoms with Crippen molar-refractivity contribution >= 4 is 28.3 Å². The maximum Gasteiger partial charge on any atom is 0.226 e. The highest BCUT2D eigenvalue weighted by atomic mass is 32.2. The summed E-state index contributed by atoms with van der Waals surface area (Å²) in [5.74, 6) is -2.26. The van der Waals surface area contributed by atoms with Gasteiger partial charge in [-0.3, -0.25) is 14.4 Å². The predicted molar refractivity (Wildman–Crippen MR) is 126 cm³/mol. The number of hydrogen-bond acceptors (Lipinski definition) is 7. The Bertz CT molecular complexity index is 1170. The van der Waals surface area contributed by atoms with Crippen molar-refractivity contribution in [1.82, 2.24) is 0 Å². The van der Waals surface area contributed by atoms with Gasteiger partial charge in [0.15, 0.2) is 17.1 Å². The van der Waals surface area contributed by atoms with Crippen LogP contribution < -0.4 is 5.06 Å². The molecule has 0 unspecified atom stereocenters. The average Bonchev–Trinajstić information content (AvgIpc) is 3.53. The van der Waals surface area contributed by atoms with Gasteiger partial charge in [0.05, 0.1) is 18.9 Å². The van der Waals surface area contributed by atoms with Gasteiger partial charge in [0.1, 0.15) is 24.1 Å². The number of rotatable bonds is 3. The molecule has 4 aliphatic carbocycles. The predicted octanol–water partition coefficient (Wildman–Crippen LogP) is 4.50. The summed E-state index contributed by atoms with van der Waals surface area (Å²) in [6.45, 7) is 3.62. The molecule has 10 heteroatoms. The van der Waals surface area contributed by atoms with Gasteiger partial charge in [0, 0.05) is 28.7 Å². The first-order valence-electron chi connectivity index (χ1n) is 12.2. The van der Waals surface area contributed by atoms with Crippen molar-refractivity contribution in [3.8, 4) is 0 Å². The van der Waals surface area contributed by atoms with Crippen LogP contribution in [0.2, 0.25) is 0 Å². The van der Waals surface area contributed by atoms with E-state index in [0.29, 0.717) is 30.4 Å². The Kier molecular flexibility index (Phi) is 5.22. The minimum atomic E-state index is -2.25. The van der Waals surface area contributed by atoms with E-state index in [1.165, 1.54) is 24.7 Å². The fourth-order valence-corrected chi connectivity index (χ4v) is 9.05. The van der Waals surface area contributed by atoms with Crippen LogP contribution in [0.1, 0.15) is 33.1 Å². The molecule has 1 saturated heterocycles. The zero-order chi connectivity index (χ0) is 25.7. The van der Waals surface area contributed by atoms with Crippen LogP contribution in [-0.4, -0.2) is 52.1 Å². The van der Waals surface area contributed by atoms with Gasteiger partial charge in [-0.05, 0) is 49.8 Å². The Morgan fingerprint density at radius 3 is 2.78 bits per heavy atom. The van der Waals surface area contributed by atoms with Crippen molar-refractivity contribution in [2.75, 3.05) is 17.6 Å². The number of nitrogens with zero attached hydrogens (tertiary/aromatic N) is 1. The molecule has 0 aromatic carbocycles. The quantitative estimate of drug-likeness (QED) is 0.625. The molecular formula is C26H28F3NO5S. The number of halogens is 3. The van der Waals surface area contributed by atoms with Gasteiger partial charge in [-0.2, -0.15) is 0 Å². The van der Waals surface area contributed by atoms with Crippen molar-refractivity contribution < 1.29 is 37.1 Å². The summed E-state index contributed by atoms with van der Waals surface area (Å²) < 4.78 is 51.6. The summed E-state index contributed by atoms with van der Waals surface area (Å²) in [6, 6.07) is 0.740. The second-order valence-electron chi connectivity index (χ2n) is 11.2. The number of anilines is 1. The monoisotopic (exact) mass is 523 g/mol. The zero-order valence-corrected chi connectivity index (χ0v) is 20.8. The fourth-order valence-electron chi connectivity index (χ4n) is 8.30. The lowest BCUT2D eigenvalue weighted by atomic mass is 9.44. The highest BCUT2D eigenvalue weighted by Crippen LogP contribution is 2.73. The SMILES string of the molecule is C[C@]12C=CC(=O)C=C1[C@@H](F)C[C@H]1[C@@H]3C[C@H]4CN(c5ccoc5)O[C@@]4(C(=O)SCF)[C@@]3(C)C[C@H](O)[C@@]12F. The summed E-state index contributed by atoms with van der Waals surface area (Å²) in [7, 11) is 0. The number of carbonyl (C=O) groups excluding carboxylic acids is 2. The number of carbonyl (C=O) groups is 2. The van der Waals surface area contributed by atoms with Gasteiger partial charge < -0.3 is 9.52 Å². The number of ketones is 1. The van der Waals surface area contributed by atoms with Crippen molar-refractivity contribution in [2.45, 2.75) is 56.7 Å². The summed E-state index contributed by atoms with van der Waals surface area (Å²) in [5.41, 5.74) is -5.70. The molecule has 6 nitrogen and oxygen atoms in total. The van der Waals surface area contributed by atoms with Crippen LogP contribution in [0.15, 0.2) is 46.8 Å². The average molecular weight is 524 g/mol. The van der Waals surface area contributed by atoms with Crippen LogP contribution in [-0.2, 0) is 14.4 Å². The van der Waals surface area contributed by atoms with Crippen LogP contribution in [0.4, 0.5) is 18.9 Å². The zero-order valence-electron chi connectivity index (χ0n) is 20.0.